The van der Waals surface area contributed by atoms with Crippen molar-refractivity contribution < 1.29 is 19.4 Å². The van der Waals surface area contributed by atoms with Crippen LogP contribution in [0, 0.1) is 6.92 Å². The number of aliphatic carboxylic acids is 1. The number of carboxylic acid groups (broad SMARTS) is 1. The Kier molecular flexibility index (Phi) is 5.16. The van der Waals surface area contributed by atoms with Crippen LogP contribution in [0.15, 0.2) is 24.3 Å². The molecule has 2 rings (SSSR count). The third-order valence-corrected chi connectivity index (χ3v) is 3.35. The van der Waals surface area contributed by atoms with Gasteiger partial charge in [0.05, 0.1) is 19.1 Å². The second-order valence-corrected chi connectivity index (χ2v) is 5.18. The van der Waals surface area contributed by atoms with Gasteiger partial charge in [-0.1, -0.05) is 29.8 Å². The van der Waals surface area contributed by atoms with Gasteiger partial charge in [-0.25, -0.2) is 4.79 Å². The molecule has 0 bridgehead atoms. The molecule has 2 amide bonds. The van der Waals surface area contributed by atoms with Gasteiger partial charge in [0.25, 0.3) is 0 Å². The van der Waals surface area contributed by atoms with Crippen molar-refractivity contribution in [1.82, 2.24) is 10.2 Å². The highest BCUT2D eigenvalue weighted by Gasteiger charge is 2.25. The van der Waals surface area contributed by atoms with E-state index in [0.29, 0.717) is 26.2 Å². The van der Waals surface area contributed by atoms with E-state index in [1.807, 2.05) is 31.2 Å². The van der Waals surface area contributed by atoms with Gasteiger partial charge in [-0.3, -0.25) is 4.79 Å². The van der Waals surface area contributed by atoms with E-state index < -0.39 is 12.1 Å². The molecule has 6 nitrogen and oxygen atoms in total. The Morgan fingerprint density at radius 2 is 2.29 bits per heavy atom. The predicted octanol–water partition coefficient (Wildman–Crippen LogP) is 1.38. The lowest BCUT2D eigenvalue weighted by atomic mass is 10.1. The molecule has 21 heavy (non-hydrogen) atoms. The van der Waals surface area contributed by atoms with Gasteiger partial charge >= 0.3 is 12.0 Å². The number of carbonyl (C=O) groups is 2. The molecule has 1 aromatic rings. The summed E-state index contributed by atoms with van der Waals surface area (Å²) in [5.74, 6) is -0.915. The molecule has 0 saturated carbocycles. The first kappa shape index (κ1) is 15.3. The molecule has 1 aliphatic rings. The maximum atomic E-state index is 12.1. The van der Waals surface area contributed by atoms with Crippen molar-refractivity contribution in [3.05, 3.63) is 35.4 Å². The number of benzene rings is 1. The van der Waals surface area contributed by atoms with Crippen molar-refractivity contribution in [2.75, 3.05) is 19.7 Å². The number of nitrogens with one attached hydrogen (secondary N) is 1. The molecule has 1 fully saturated rings. The molecule has 0 spiro atoms. The SMILES string of the molecule is Cc1cccc(CNC(=O)N2CCOC(CC(=O)O)C2)c1. The average molecular weight is 292 g/mol. The summed E-state index contributed by atoms with van der Waals surface area (Å²) in [7, 11) is 0. The Labute approximate surface area is 123 Å². The standard InChI is InChI=1S/C15H20N2O4/c1-11-3-2-4-12(7-11)9-16-15(20)17-5-6-21-13(10-17)8-14(18)19/h2-4,7,13H,5-6,8-10H2,1H3,(H,16,20)(H,18,19). The summed E-state index contributed by atoms with van der Waals surface area (Å²) in [4.78, 5) is 24.4. The van der Waals surface area contributed by atoms with Crippen LogP contribution in [0.2, 0.25) is 0 Å². The highest BCUT2D eigenvalue weighted by atomic mass is 16.5. The minimum absolute atomic E-state index is 0.0817. The molecule has 1 saturated heterocycles. The van der Waals surface area contributed by atoms with Crippen molar-refractivity contribution in [1.29, 1.82) is 0 Å². The first-order valence-corrected chi connectivity index (χ1v) is 6.96. The maximum Gasteiger partial charge on any atom is 0.317 e. The summed E-state index contributed by atoms with van der Waals surface area (Å²) in [6.07, 6.45) is -0.511. The van der Waals surface area contributed by atoms with E-state index in [4.69, 9.17) is 9.84 Å². The van der Waals surface area contributed by atoms with Crippen LogP contribution in [0.3, 0.4) is 0 Å². The zero-order valence-corrected chi connectivity index (χ0v) is 12.0. The van der Waals surface area contributed by atoms with E-state index in [0.717, 1.165) is 11.1 Å². The van der Waals surface area contributed by atoms with Crippen LogP contribution in [0.4, 0.5) is 4.79 Å². The first-order chi connectivity index (χ1) is 10.0. The average Bonchev–Trinajstić information content (AvgIpc) is 2.44. The Hall–Kier alpha value is -2.08. The van der Waals surface area contributed by atoms with Crippen molar-refractivity contribution in [3.8, 4) is 0 Å². The molecule has 114 valence electrons. The highest BCUT2D eigenvalue weighted by molar-refractivity contribution is 5.74. The van der Waals surface area contributed by atoms with Crippen molar-refractivity contribution in [3.63, 3.8) is 0 Å². The van der Waals surface area contributed by atoms with Crippen LogP contribution in [-0.2, 0) is 16.1 Å². The second kappa shape index (κ2) is 7.08. The monoisotopic (exact) mass is 292 g/mol. The van der Waals surface area contributed by atoms with E-state index in [-0.39, 0.29) is 12.5 Å². The largest absolute Gasteiger partial charge is 0.481 e. The fourth-order valence-electron chi connectivity index (χ4n) is 2.33. The highest BCUT2D eigenvalue weighted by Crippen LogP contribution is 2.09. The summed E-state index contributed by atoms with van der Waals surface area (Å²) in [6, 6.07) is 7.75. The normalized spacial score (nSPS) is 18.3. The van der Waals surface area contributed by atoms with Gasteiger partial charge in [0.15, 0.2) is 0 Å². The van der Waals surface area contributed by atoms with Gasteiger partial charge in [-0.05, 0) is 12.5 Å². The zero-order chi connectivity index (χ0) is 15.2. The predicted molar refractivity (Wildman–Crippen MR) is 77.0 cm³/mol. The lowest BCUT2D eigenvalue weighted by molar-refractivity contribution is -0.141. The molecule has 2 N–H and O–H groups in total. The molecule has 1 atom stereocenters. The molecular formula is C15H20N2O4. The zero-order valence-electron chi connectivity index (χ0n) is 12.0. The summed E-state index contributed by atoms with van der Waals surface area (Å²) in [5.41, 5.74) is 2.19. The van der Waals surface area contributed by atoms with Crippen LogP contribution in [0.5, 0.6) is 0 Å². The second-order valence-electron chi connectivity index (χ2n) is 5.18. The van der Waals surface area contributed by atoms with E-state index in [2.05, 4.69) is 5.32 Å². The molecule has 6 heteroatoms. The Morgan fingerprint density at radius 3 is 3.00 bits per heavy atom. The van der Waals surface area contributed by atoms with Crippen LogP contribution in [0.1, 0.15) is 17.5 Å². The summed E-state index contributed by atoms with van der Waals surface area (Å²) < 4.78 is 5.35. The number of hydrogen-bond acceptors (Lipinski definition) is 3. The molecule has 0 aromatic heterocycles. The number of morpholine rings is 1. The molecule has 0 radical (unpaired) electrons. The molecular weight excluding hydrogens is 272 g/mol. The topological polar surface area (TPSA) is 78.9 Å². The van der Waals surface area contributed by atoms with E-state index in [9.17, 15) is 9.59 Å². The summed E-state index contributed by atoms with van der Waals surface area (Å²) in [6.45, 7) is 3.63. The van der Waals surface area contributed by atoms with Crippen molar-refractivity contribution >= 4 is 12.0 Å². The number of rotatable bonds is 4. The summed E-state index contributed by atoms with van der Waals surface area (Å²) in [5, 5.41) is 11.6. The number of carbonyl (C=O) groups excluding carboxylic acids is 1. The van der Waals surface area contributed by atoms with Crippen LogP contribution in [-0.4, -0.2) is 47.8 Å². The third kappa shape index (κ3) is 4.75. The third-order valence-electron chi connectivity index (χ3n) is 3.35. The van der Waals surface area contributed by atoms with Gasteiger partial charge in [-0.15, -0.1) is 0 Å². The minimum Gasteiger partial charge on any atom is -0.481 e. The Morgan fingerprint density at radius 1 is 1.48 bits per heavy atom. The van der Waals surface area contributed by atoms with Crippen LogP contribution < -0.4 is 5.32 Å². The Bertz CT molecular complexity index is 518. The number of nitrogens with zero attached hydrogens (tertiary/aromatic N) is 1. The number of aryl methyl sites for hydroxylation is 1. The maximum absolute atomic E-state index is 12.1. The molecule has 0 aliphatic carbocycles. The van der Waals surface area contributed by atoms with Crippen LogP contribution >= 0.6 is 0 Å². The minimum atomic E-state index is -0.915. The van der Waals surface area contributed by atoms with E-state index >= 15 is 0 Å². The fraction of sp³-hybridized carbons (Fsp3) is 0.467. The molecule has 1 unspecified atom stereocenters. The lowest BCUT2D eigenvalue weighted by Crippen LogP contribution is -2.49. The van der Waals surface area contributed by atoms with Gasteiger partial charge < -0.3 is 20.1 Å². The fourth-order valence-corrected chi connectivity index (χ4v) is 2.33. The van der Waals surface area contributed by atoms with Crippen LogP contribution in [0.25, 0.3) is 0 Å². The van der Waals surface area contributed by atoms with Gasteiger partial charge in [0.2, 0.25) is 0 Å². The quantitative estimate of drug-likeness (QED) is 0.878. The van der Waals surface area contributed by atoms with E-state index in [1.165, 1.54) is 0 Å². The van der Waals surface area contributed by atoms with Gasteiger partial charge in [0, 0.05) is 19.6 Å². The van der Waals surface area contributed by atoms with Crippen molar-refractivity contribution in [2.24, 2.45) is 0 Å². The molecule has 1 heterocycles. The number of ether oxygens (including phenoxy) is 1. The molecule has 1 aromatic carbocycles. The summed E-state index contributed by atoms with van der Waals surface area (Å²) >= 11 is 0. The van der Waals surface area contributed by atoms with Crippen molar-refractivity contribution in [2.45, 2.75) is 26.0 Å². The molecule has 1 aliphatic heterocycles. The van der Waals surface area contributed by atoms with E-state index in [1.54, 1.807) is 4.90 Å². The smallest absolute Gasteiger partial charge is 0.317 e. The number of carboxylic acids is 1. The van der Waals surface area contributed by atoms with Gasteiger partial charge in [-0.2, -0.15) is 0 Å². The number of urea groups is 1. The number of hydrogen-bond donors (Lipinski definition) is 2. The number of amides is 2. The first-order valence-electron chi connectivity index (χ1n) is 6.96. The van der Waals surface area contributed by atoms with Gasteiger partial charge in [0.1, 0.15) is 0 Å². The Balaban J connectivity index is 1.83. The lowest BCUT2D eigenvalue weighted by Gasteiger charge is -2.32.